The molecule has 4 rings (SSSR count). The van der Waals surface area contributed by atoms with E-state index in [0.29, 0.717) is 13.2 Å². The minimum absolute atomic E-state index is 0.0311. The fourth-order valence-electron chi connectivity index (χ4n) is 4.57. The van der Waals surface area contributed by atoms with Gasteiger partial charge >= 0.3 is 5.69 Å². The van der Waals surface area contributed by atoms with Crippen molar-refractivity contribution in [3.8, 4) is 0 Å². The maximum absolute atomic E-state index is 12.5. The van der Waals surface area contributed by atoms with Gasteiger partial charge in [0.15, 0.2) is 5.96 Å². The molecule has 1 atom stereocenters. The number of aromatic nitrogens is 3. The first-order valence-corrected chi connectivity index (χ1v) is 11.4. The average molecular weight is 427 g/mol. The second-order valence-electron chi connectivity index (χ2n) is 8.52. The largest absolute Gasteiger partial charge is 0.370 e. The van der Waals surface area contributed by atoms with E-state index in [1.54, 1.807) is 4.68 Å². The van der Waals surface area contributed by atoms with Crippen LogP contribution in [0.3, 0.4) is 0 Å². The number of morpholine rings is 1. The predicted octanol–water partition coefficient (Wildman–Crippen LogP) is 2.04. The number of ether oxygens (including phenoxy) is 1. The first-order valence-electron chi connectivity index (χ1n) is 11.4. The van der Waals surface area contributed by atoms with Crippen molar-refractivity contribution in [1.82, 2.24) is 24.6 Å². The van der Waals surface area contributed by atoms with E-state index in [2.05, 4.69) is 52.4 Å². The summed E-state index contributed by atoms with van der Waals surface area (Å²) < 4.78 is 9.52. The summed E-state index contributed by atoms with van der Waals surface area (Å²) in [4.78, 5) is 19.2. The van der Waals surface area contributed by atoms with Gasteiger partial charge in [-0.3, -0.25) is 9.56 Å². The molecule has 1 fully saturated rings. The molecule has 0 amide bonds. The number of hydrogen-bond donors (Lipinski definition) is 1. The van der Waals surface area contributed by atoms with Crippen LogP contribution in [-0.4, -0.2) is 58.5 Å². The highest BCUT2D eigenvalue weighted by atomic mass is 16.5. The van der Waals surface area contributed by atoms with Crippen LogP contribution in [-0.2, 0) is 24.2 Å². The van der Waals surface area contributed by atoms with Gasteiger partial charge in [-0.25, -0.2) is 9.48 Å². The van der Waals surface area contributed by atoms with Crippen molar-refractivity contribution in [2.45, 2.75) is 58.7 Å². The van der Waals surface area contributed by atoms with Crippen molar-refractivity contribution in [1.29, 1.82) is 0 Å². The quantitative estimate of drug-likeness (QED) is 0.450. The highest BCUT2D eigenvalue weighted by molar-refractivity contribution is 5.80. The van der Waals surface area contributed by atoms with Gasteiger partial charge in [0.05, 0.1) is 13.2 Å². The third-order valence-electron chi connectivity index (χ3n) is 6.21. The molecule has 1 unspecified atom stereocenters. The fourth-order valence-corrected chi connectivity index (χ4v) is 4.57. The Morgan fingerprint density at radius 2 is 2.16 bits per heavy atom. The lowest BCUT2D eigenvalue weighted by Gasteiger charge is -2.35. The number of aliphatic imine (C=N–C) groups is 1. The van der Waals surface area contributed by atoms with E-state index < -0.39 is 0 Å². The van der Waals surface area contributed by atoms with Crippen molar-refractivity contribution in [2.24, 2.45) is 4.99 Å². The molecule has 1 aromatic heterocycles. The maximum atomic E-state index is 12.5. The van der Waals surface area contributed by atoms with E-state index in [4.69, 9.17) is 4.74 Å². The predicted molar refractivity (Wildman–Crippen MR) is 122 cm³/mol. The molecule has 8 heteroatoms. The molecular weight excluding hydrogens is 392 g/mol. The molecule has 2 aliphatic heterocycles. The molecule has 31 heavy (non-hydrogen) atoms. The van der Waals surface area contributed by atoms with Crippen LogP contribution in [0.25, 0.3) is 0 Å². The monoisotopic (exact) mass is 426 g/mol. The third kappa shape index (κ3) is 4.84. The summed E-state index contributed by atoms with van der Waals surface area (Å²) in [5, 5.41) is 7.97. The number of aryl methyl sites for hydroxylation is 4. The lowest BCUT2D eigenvalue weighted by Crippen LogP contribution is -2.48. The first kappa shape index (κ1) is 21.6. The van der Waals surface area contributed by atoms with Gasteiger partial charge in [0.1, 0.15) is 11.9 Å². The molecule has 2 aliphatic rings. The standard InChI is InChI=1S/C23H34N6O2/c1-17-8-9-19(18(2)15-17)20-16-27(13-14-31-20)22(24-3)25-10-6-12-29-23(30)28-11-5-4-7-21(28)26-29/h8-9,15,20H,4-7,10-14,16H2,1-3H3,(H,24,25). The van der Waals surface area contributed by atoms with Gasteiger partial charge in [0.25, 0.3) is 0 Å². The van der Waals surface area contributed by atoms with Gasteiger partial charge in [-0.05, 0) is 44.2 Å². The molecule has 0 saturated carbocycles. The van der Waals surface area contributed by atoms with Crippen LogP contribution in [0.1, 0.15) is 47.9 Å². The first-order chi connectivity index (χ1) is 15.1. The van der Waals surface area contributed by atoms with E-state index in [9.17, 15) is 4.79 Å². The maximum Gasteiger partial charge on any atom is 0.345 e. The van der Waals surface area contributed by atoms with E-state index >= 15 is 0 Å². The smallest absolute Gasteiger partial charge is 0.345 e. The zero-order chi connectivity index (χ0) is 21.8. The van der Waals surface area contributed by atoms with Crippen molar-refractivity contribution in [3.05, 3.63) is 51.2 Å². The summed E-state index contributed by atoms with van der Waals surface area (Å²) in [5.74, 6) is 1.82. The number of nitrogens with zero attached hydrogens (tertiary/aromatic N) is 5. The Bertz CT molecular complexity index is 992. The molecule has 1 aromatic carbocycles. The molecule has 168 valence electrons. The zero-order valence-electron chi connectivity index (χ0n) is 18.9. The van der Waals surface area contributed by atoms with Gasteiger partial charge in [0.2, 0.25) is 0 Å². The van der Waals surface area contributed by atoms with Crippen LogP contribution in [0.4, 0.5) is 0 Å². The van der Waals surface area contributed by atoms with Crippen molar-refractivity contribution >= 4 is 5.96 Å². The molecule has 0 radical (unpaired) electrons. The summed E-state index contributed by atoms with van der Waals surface area (Å²) in [6.07, 6.45) is 3.96. The summed E-state index contributed by atoms with van der Waals surface area (Å²) in [7, 11) is 1.82. The second-order valence-corrected chi connectivity index (χ2v) is 8.52. The minimum atomic E-state index is 0.0311. The molecule has 0 spiro atoms. The van der Waals surface area contributed by atoms with Gasteiger partial charge in [-0.1, -0.05) is 23.8 Å². The number of guanidine groups is 1. The van der Waals surface area contributed by atoms with Gasteiger partial charge in [0, 0.05) is 39.6 Å². The third-order valence-corrected chi connectivity index (χ3v) is 6.21. The zero-order valence-corrected chi connectivity index (χ0v) is 18.9. The normalized spacial score (nSPS) is 19.4. The lowest BCUT2D eigenvalue weighted by molar-refractivity contribution is -0.00831. The summed E-state index contributed by atoms with van der Waals surface area (Å²) >= 11 is 0. The Hall–Kier alpha value is -2.61. The average Bonchev–Trinajstić information content (AvgIpc) is 3.09. The number of hydrogen-bond acceptors (Lipinski definition) is 4. The highest BCUT2D eigenvalue weighted by Gasteiger charge is 2.25. The summed E-state index contributed by atoms with van der Waals surface area (Å²) in [5.41, 5.74) is 3.81. The van der Waals surface area contributed by atoms with Crippen LogP contribution in [0, 0.1) is 13.8 Å². The van der Waals surface area contributed by atoms with Gasteiger partial charge in [-0.15, -0.1) is 0 Å². The van der Waals surface area contributed by atoms with E-state index in [1.165, 1.54) is 16.7 Å². The second kappa shape index (κ2) is 9.68. The van der Waals surface area contributed by atoms with Crippen molar-refractivity contribution < 1.29 is 4.74 Å². The minimum Gasteiger partial charge on any atom is -0.370 e. The molecule has 2 aromatic rings. The molecular formula is C23H34N6O2. The van der Waals surface area contributed by atoms with Crippen LogP contribution in [0.2, 0.25) is 0 Å². The Kier molecular flexibility index (Phi) is 6.75. The Balaban J connectivity index is 1.31. The Morgan fingerprint density at radius 3 is 2.94 bits per heavy atom. The molecule has 8 nitrogen and oxygen atoms in total. The van der Waals surface area contributed by atoms with Gasteiger partial charge < -0.3 is 15.0 Å². The summed E-state index contributed by atoms with van der Waals surface area (Å²) in [6.45, 7) is 8.69. The van der Waals surface area contributed by atoms with Crippen LogP contribution in [0.15, 0.2) is 28.0 Å². The molecule has 3 heterocycles. The SMILES string of the molecule is CN=C(NCCCn1nc2n(c1=O)CCCC2)N1CCOC(c2ccc(C)cc2C)C1. The van der Waals surface area contributed by atoms with Crippen LogP contribution >= 0.6 is 0 Å². The number of benzene rings is 1. The fraction of sp³-hybridized carbons (Fsp3) is 0.609. The van der Waals surface area contributed by atoms with Crippen molar-refractivity contribution in [2.75, 3.05) is 33.3 Å². The number of nitrogens with one attached hydrogen (secondary N) is 1. The molecule has 1 saturated heterocycles. The number of rotatable bonds is 5. The Morgan fingerprint density at radius 1 is 1.29 bits per heavy atom. The van der Waals surface area contributed by atoms with E-state index in [0.717, 1.165) is 63.6 Å². The van der Waals surface area contributed by atoms with Crippen LogP contribution < -0.4 is 11.0 Å². The lowest BCUT2D eigenvalue weighted by atomic mass is 10.00. The highest BCUT2D eigenvalue weighted by Crippen LogP contribution is 2.25. The van der Waals surface area contributed by atoms with Gasteiger partial charge in [-0.2, -0.15) is 5.10 Å². The van der Waals surface area contributed by atoms with Crippen molar-refractivity contribution in [3.63, 3.8) is 0 Å². The van der Waals surface area contributed by atoms with E-state index in [1.807, 2.05) is 11.6 Å². The molecule has 1 N–H and O–H groups in total. The van der Waals surface area contributed by atoms with Crippen LogP contribution in [0.5, 0.6) is 0 Å². The van der Waals surface area contributed by atoms with E-state index in [-0.39, 0.29) is 11.8 Å². The topological polar surface area (TPSA) is 76.7 Å². The summed E-state index contributed by atoms with van der Waals surface area (Å²) in [6, 6.07) is 6.53. The molecule has 0 aliphatic carbocycles. The molecule has 0 bridgehead atoms. The number of fused-ring (bicyclic) bond motifs is 1. The Labute approximate surface area is 183 Å².